The van der Waals surface area contributed by atoms with Gasteiger partial charge in [0.25, 0.3) is 0 Å². The first-order chi connectivity index (χ1) is 4.34. The fourth-order valence-corrected chi connectivity index (χ4v) is 1.79. The molecule has 9 heavy (non-hydrogen) atoms. The lowest BCUT2D eigenvalue weighted by atomic mass is 10.3. The SMILES string of the molecule is [N-]=[N+]=NC1CCCC1Br. The average Bonchev–Trinajstić information content (AvgIpc) is 2.18. The van der Waals surface area contributed by atoms with E-state index in [9.17, 15) is 0 Å². The zero-order chi connectivity index (χ0) is 6.69. The minimum absolute atomic E-state index is 0.204. The molecule has 0 amide bonds. The normalized spacial score (nSPS) is 33.9. The number of azide groups is 1. The number of hydrogen-bond donors (Lipinski definition) is 0. The summed E-state index contributed by atoms with van der Waals surface area (Å²) in [6.45, 7) is 0. The second-order valence-electron chi connectivity index (χ2n) is 2.22. The predicted octanol–water partition coefficient (Wildman–Crippen LogP) is 2.61. The third kappa shape index (κ3) is 1.60. The minimum Gasteiger partial charge on any atom is -0.0895 e. The first-order valence-electron chi connectivity index (χ1n) is 3.03. The summed E-state index contributed by atoms with van der Waals surface area (Å²) >= 11 is 3.44. The molecule has 0 aliphatic heterocycles. The highest BCUT2D eigenvalue weighted by Crippen LogP contribution is 2.27. The van der Waals surface area contributed by atoms with Crippen LogP contribution in [-0.2, 0) is 0 Å². The average molecular weight is 190 g/mol. The van der Waals surface area contributed by atoms with E-state index in [1.807, 2.05) is 0 Å². The topological polar surface area (TPSA) is 48.8 Å². The van der Waals surface area contributed by atoms with Crippen LogP contribution in [0.5, 0.6) is 0 Å². The molecule has 1 rings (SSSR count). The lowest BCUT2D eigenvalue weighted by Crippen LogP contribution is -2.08. The van der Waals surface area contributed by atoms with Gasteiger partial charge in [-0.3, -0.25) is 0 Å². The van der Waals surface area contributed by atoms with Crippen molar-refractivity contribution in [3.8, 4) is 0 Å². The lowest BCUT2D eigenvalue weighted by molar-refractivity contribution is 0.716. The maximum atomic E-state index is 8.08. The molecule has 1 aliphatic carbocycles. The zero-order valence-corrected chi connectivity index (χ0v) is 6.58. The summed E-state index contributed by atoms with van der Waals surface area (Å²) in [5, 5.41) is 3.64. The molecule has 0 N–H and O–H groups in total. The van der Waals surface area contributed by atoms with Gasteiger partial charge in [0.05, 0.1) is 0 Å². The van der Waals surface area contributed by atoms with Crippen LogP contribution in [0.4, 0.5) is 0 Å². The van der Waals surface area contributed by atoms with Gasteiger partial charge in [-0.15, -0.1) is 0 Å². The van der Waals surface area contributed by atoms with E-state index >= 15 is 0 Å². The molecule has 50 valence electrons. The van der Waals surface area contributed by atoms with Gasteiger partial charge in [0.15, 0.2) is 0 Å². The van der Waals surface area contributed by atoms with Gasteiger partial charge in [0.1, 0.15) is 0 Å². The van der Waals surface area contributed by atoms with Gasteiger partial charge in [0.2, 0.25) is 0 Å². The van der Waals surface area contributed by atoms with E-state index in [1.54, 1.807) is 0 Å². The van der Waals surface area contributed by atoms with Crippen molar-refractivity contribution in [1.29, 1.82) is 0 Å². The van der Waals surface area contributed by atoms with Crippen LogP contribution in [0.2, 0.25) is 0 Å². The van der Waals surface area contributed by atoms with Crippen LogP contribution in [0, 0.1) is 0 Å². The molecule has 0 spiro atoms. The summed E-state index contributed by atoms with van der Waals surface area (Å²) < 4.78 is 0. The van der Waals surface area contributed by atoms with Crippen molar-refractivity contribution in [3.63, 3.8) is 0 Å². The molecule has 1 saturated carbocycles. The zero-order valence-electron chi connectivity index (χ0n) is 5.00. The van der Waals surface area contributed by atoms with Crippen molar-refractivity contribution in [2.45, 2.75) is 30.1 Å². The van der Waals surface area contributed by atoms with Crippen molar-refractivity contribution in [2.75, 3.05) is 0 Å². The predicted molar refractivity (Wildman–Crippen MR) is 39.5 cm³/mol. The Hall–Kier alpha value is -0.210. The van der Waals surface area contributed by atoms with E-state index in [1.165, 1.54) is 6.42 Å². The summed E-state index contributed by atoms with van der Waals surface area (Å²) in [5.74, 6) is 0. The molecule has 0 aromatic carbocycles. The van der Waals surface area contributed by atoms with Gasteiger partial charge in [-0.05, 0) is 18.4 Å². The molecule has 0 aromatic heterocycles. The Labute approximate surface area is 62.2 Å². The number of hydrogen-bond acceptors (Lipinski definition) is 1. The third-order valence-electron chi connectivity index (χ3n) is 1.60. The fourth-order valence-electron chi connectivity index (χ4n) is 1.09. The van der Waals surface area contributed by atoms with Gasteiger partial charge >= 0.3 is 0 Å². The highest BCUT2D eigenvalue weighted by molar-refractivity contribution is 9.09. The molecular formula is C5H8BrN3. The molecule has 0 radical (unpaired) electrons. The summed E-state index contributed by atoms with van der Waals surface area (Å²) in [6.07, 6.45) is 3.36. The minimum atomic E-state index is 0.204. The first kappa shape index (κ1) is 6.90. The van der Waals surface area contributed by atoms with Gasteiger partial charge in [-0.2, -0.15) is 0 Å². The summed E-state index contributed by atoms with van der Waals surface area (Å²) in [7, 11) is 0. The monoisotopic (exact) mass is 189 g/mol. The van der Waals surface area contributed by atoms with Crippen molar-refractivity contribution in [1.82, 2.24) is 0 Å². The Kier molecular flexibility index (Phi) is 2.37. The van der Waals surface area contributed by atoms with E-state index in [2.05, 4.69) is 26.0 Å². The fraction of sp³-hybridized carbons (Fsp3) is 1.00. The van der Waals surface area contributed by atoms with Gasteiger partial charge in [-0.25, -0.2) is 0 Å². The summed E-state index contributed by atoms with van der Waals surface area (Å²) in [4.78, 5) is 3.19. The molecule has 2 atom stereocenters. The second kappa shape index (κ2) is 3.08. The van der Waals surface area contributed by atoms with E-state index in [0.29, 0.717) is 4.83 Å². The van der Waals surface area contributed by atoms with Crippen molar-refractivity contribution in [3.05, 3.63) is 10.4 Å². The van der Waals surface area contributed by atoms with Crippen LogP contribution < -0.4 is 0 Å². The maximum Gasteiger partial charge on any atom is 0.0499 e. The quantitative estimate of drug-likeness (QED) is 0.264. The van der Waals surface area contributed by atoms with Gasteiger partial charge in [0, 0.05) is 15.8 Å². The molecular weight excluding hydrogens is 182 g/mol. The van der Waals surface area contributed by atoms with Gasteiger partial charge in [-0.1, -0.05) is 27.5 Å². The first-order valence-corrected chi connectivity index (χ1v) is 3.94. The van der Waals surface area contributed by atoms with Crippen LogP contribution >= 0.6 is 15.9 Å². The lowest BCUT2D eigenvalue weighted by Gasteiger charge is -2.03. The number of nitrogens with zero attached hydrogens (tertiary/aromatic N) is 3. The molecule has 2 unspecified atom stereocenters. The van der Waals surface area contributed by atoms with Crippen LogP contribution in [0.15, 0.2) is 5.11 Å². The highest BCUT2D eigenvalue weighted by atomic mass is 79.9. The molecule has 4 heteroatoms. The number of alkyl halides is 1. The smallest absolute Gasteiger partial charge is 0.0499 e. The largest absolute Gasteiger partial charge is 0.0895 e. The molecule has 1 fully saturated rings. The highest BCUT2D eigenvalue weighted by Gasteiger charge is 2.22. The Balaban J connectivity index is 2.49. The van der Waals surface area contributed by atoms with Crippen LogP contribution in [-0.4, -0.2) is 10.9 Å². The second-order valence-corrected chi connectivity index (χ2v) is 3.40. The van der Waals surface area contributed by atoms with E-state index in [-0.39, 0.29) is 6.04 Å². The van der Waals surface area contributed by atoms with E-state index in [4.69, 9.17) is 5.53 Å². The Morgan fingerprint density at radius 1 is 1.56 bits per heavy atom. The summed E-state index contributed by atoms with van der Waals surface area (Å²) in [5.41, 5.74) is 8.08. The van der Waals surface area contributed by atoms with Crippen molar-refractivity contribution < 1.29 is 0 Å². The third-order valence-corrected chi connectivity index (χ3v) is 2.67. The Morgan fingerprint density at radius 2 is 2.33 bits per heavy atom. The standard InChI is InChI=1S/C5H8BrN3/c6-4-2-1-3-5(4)8-9-7/h4-5H,1-3H2. The van der Waals surface area contributed by atoms with Gasteiger partial charge < -0.3 is 0 Å². The maximum absolute atomic E-state index is 8.08. The molecule has 0 heterocycles. The van der Waals surface area contributed by atoms with Crippen LogP contribution in [0.3, 0.4) is 0 Å². The molecule has 0 bridgehead atoms. The molecule has 1 aliphatic rings. The van der Waals surface area contributed by atoms with Crippen LogP contribution in [0.25, 0.3) is 10.4 Å². The Morgan fingerprint density at radius 3 is 2.78 bits per heavy atom. The molecule has 3 nitrogen and oxygen atoms in total. The molecule has 0 aromatic rings. The Bertz CT molecular complexity index is 141. The summed E-state index contributed by atoms with van der Waals surface area (Å²) in [6, 6.07) is 0.204. The van der Waals surface area contributed by atoms with Crippen molar-refractivity contribution in [2.24, 2.45) is 5.11 Å². The van der Waals surface area contributed by atoms with Crippen LogP contribution in [0.1, 0.15) is 19.3 Å². The van der Waals surface area contributed by atoms with E-state index < -0.39 is 0 Å². The van der Waals surface area contributed by atoms with Crippen molar-refractivity contribution >= 4 is 15.9 Å². The molecule has 0 saturated heterocycles. The van der Waals surface area contributed by atoms with E-state index in [0.717, 1.165) is 12.8 Å². The number of halogens is 1. The number of rotatable bonds is 1.